The number of hydrogen-bond donors (Lipinski definition) is 0. The molecule has 2 saturated carbocycles. The topological polar surface area (TPSA) is 69.5 Å². The van der Waals surface area contributed by atoms with Crippen molar-refractivity contribution in [3.05, 3.63) is 53.6 Å². The molecule has 3 aromatic rings. The van der Waals surface area contributed by atoms with Gasteiger partial charge < -0.3 is 9.47 Å². The zero-order chi connectivity index (χ0) is 28.3. The maximum Gasteiger partial charge on any atom is 0.308 e. The molecule has 2 aromatic heterocycles. The van der Waals surface area contributed by atoms with Crippen molar-refractivity contribution in [2.75, 3.05) is 12.0 Å². The molecule has 0 aliphatic heterocycles. The van der Waals surface area contributed by atoms with Gasteiger partial charge in [-0.05, 0) is 86.8 Å². The lowest BCUT2D eigenvalue weighted by molar-refractivity contribution is -0.126. The Kier molecular flexibility index (Phi) is 8.46. The Bertz CT molecular complexity index is 1440. The standard InChI is InChI=1S/C30H34N4O3.C2H6/c1-7-9-27(35)34(25-16-20(4)19(3)15-23(25)21-10-11-21)26-13-12-24-28(31-26)29(32-33(24)5)37-22-17-30(18-22,36-6)14-8-2;1-2/h8,12-13,15-16,21-22H,2,10-11,14,17-18H2,1,3-6H3;1-2H3. The third-order valence-electron chi connectivity index (χ3n) is 7.64. The van der Waals surface area contributed by atoms with Gasteiger partial charge in [-0.25, -0.2) is 4.98 Å². The quantitative estimate of drug-likeness (QED) is 0.241. The summed E-state index contributed by atoms with van der Waals surface area (Å²) in [5, 5.41) is 4.61. The van der Waals surface area contributed by atoms with Gasteiger partial charge >= 0.3 is 5.91 Å². The molecule has 7 heteroatoms. The number of carbonyl (C=O) groups is 1. The van der Waals surface area contributed by atoms with Crippen LogP contribution < -0.4 is 9.64 Å². The first-order valence-corrected chi connectivity index (χ1v) is 13.8. The Balaban J connectivity index is 0.00000172. The number of aryl methyl sites for hydroxylation is 3. The van der Waals surface area contributed by atoms with E-state index in [-0.39, 0.29) is 17.6 Å². The SMILES string of the molecule is C=CCC1(OC)CC(Oc2nn(C)c3ccc(N(C(=O)C#CC)c4cc(C)c(C)cc4C4CC4)nc23)C1.CC. The fraction of sp³-hybridized carbons (Fsp3) is 0.469. The number of aromatic nitrogens is 3. The molecule has 0 atom stereocenters. The van der Waals surface area contributed by atoms with Crippen molar-refractivity contribution in [1.82, 2.24) is 14.8 Å². The van der Waals surface area contributed by atoms with Gasteiger partial charge in [-0.1, -0.05) is 31.9 Å². The van der Waals surface area contributed by atoms with Crippen LogP contribution in [0.15, 0.2) is 36.9 Å². The van der Waals surface area contributed by atoms with E-state index in [0.29, 0.717) is 23.1 Å². The minimum Gasteiger partial charge on any atom is -0.472 e. The van der Waals surface area contributed by atoms with E-state index in [1.165, 1.54) is 11.1 Å². The van der Waals surface area contributed by atoms with Crippen molar-refractivity contribution in [2.45, 2.75) is 84.3 Å². The van der Waals surface area contributed by atoms with Crippen LogP contribution in [-0.2, 0) is 16.6 Å². The van der Waals surface area contributed by atoms with E-state index in [1.54, 1.807) is 23.6 Å². The van der Waals surface area contributed by atoms with Gasteiger partial charge in [0.15, 0.2) is 5.52 Å². The van der Waals surface area contributed by atoms with Crippen molar-refractivity contribution in [3.8, 4) is 17.7 Å². The van der Waals surface area contributed by atoms with Crippen LogP contribution in [0.25, 0.3) is 11.0 Å². The second-order valence-electron chi connectivity index (χ2n) is 10.3. The van der Waals surface area contributed by atoms with E-state index in [2.05, 4.69) is 49.5 Å². The van der Waals surface area contributed by atoms with E-state index in [4.69, 9.17) is 14.5 Å². The van der Waals surface area contributed by atoms with Gasteiger partial charge in [-0.15, -0.1) is 11.7 Å². The van der Waals surface area contributed by atoms with Crippen LogP contribution in [-0.4, -0.2) is 39.5 Å². The van der Waals surface area contributed by atoms with Crippen molar-refractivity contribution in [3.63, 3.8) is 0 Å². The molecule has 0 radical (unpaired) electrons. The number of rotatable bonds is 8. The summed E-state index contributed by atoms with van der Waals surface area (Å²) in [5.41, 5.74) is 5.60. The summed E-state index contributed by atoms with van der Waals surface area (Å²) in [6, 6.07) is 8.09. The van der Waals surface area contributed by atoms with Crippen LogP contribution in [0, 0.1) is 25.7 Å². The maximum absolute atomic E-state index is 13.4. The molecule has 39 heavy (non-hydrogen) atoms. The molecule has 0 unspecified atom stereocenters. The van der Waals surface area contributed by atoms with Crippen LogP contribution in [0.2, 0.25) is 0 Å². The zero-order valence-electron chi connectivity index (χ0n) is 24.3. The molecule has 0 saturated heterocycles. The summed E-state index contributed by atoms with van der Waals surface area (Å²) in [7, 11) is 3.60. The number of ether oxygens (including phenoxy) is 2. The van der Waals surface area contributed by atoms with Crippen molar-refractivity contribution >= 4 is 28.4 Å². The third-order valence-corrected chi connectivity index (χ3v) is 7.64. The molecule has 5 rings (SSSR count). The lowest BCUT2D eigenvalue weighted by atomic mass is 9.75. The lowest BCUT2D eigenvalue weighted by Gasteiger charge is -2.45. The van der Waals surface area contributed by atoms with Gasteiger partial charge in [-0.3, -0.25) is 14.4 Å². The van der Waals surface area contributed by atoms with Gasteiger partial charge in [0.1, 0.15) is 11.9 Å². The number of anilines is 2. The normalized spacial score (nSPS) is 19.7. The highest BCUT2D eigenvalue weighted by Crippen LogP contribution is 2.47. The van der Waals surface area contributed by atoms with E-state index in [0.717, 1.165) is 48.9 Å². The van der Waals surface area contributed by atoms with Crippen molar-refractivity contribution < 1.29 is 14.3 Å². The number of fused-ring (bicyclic) bond motifs is 1. The number of carbonyl (C=O) groups excluding carboxylic acids is 1. The summed E-state index contributed by atoms with van der Waals surface area (Å²) in [4.78, 5) is 20.0. The summed E-state index contributed by atoms with van der Waals surface area (Å²) in [6.07, 6.45) is 6.42. The fourth-order valence-electron chi connectivity index (χ4n) is 5.23. The molecule has 0 spiro atoms. The molecule has 2 heterocycles. The second-order valence-corrected chi connectivity index (χ2v) is 10.3. The first kappa shape index (κ1) is 28.4. The first-order chi connectivity index (χ1) is 18.8. The fourth-order valence-corrected chi connectivity index (χ4v) is 5.23. The molecule has 1 aromatic carbocycles. The molecule has 2 aliphatic carbocycles. The summed E-state index contributed by atoms with van der Waals surface area (Å²) in [5.74, 6) is 6.62. The summed E-state index contributed by atoms with van der Waals surface area (Å²) in [6.45, 7) is 13.7. The van der Waals surface area contributed by atoms with Crippen molar-refractivity contribution in [2.24, 2.45) is 7.05 Å². The number of hydrogen-bond acceptors (Lipinski definition) is 5. The molecule has 2 aliphatic rings. The third kappa shape index (κ3) is 5.58. The minimum absolute atomic E-state index is 0.0200. The number of benzene rings is 1. The van der Waals surface area contributed by atoms with Crippen LogP contribution in [0.5, 0.6) is 5.88 Å². The van der Waals surface area contributed by atoms with Crippen LogP contribution in [0.1, 0.15) is 75.5 Å². The first-order valence-electron chi connectivity index (χ1n) is 13.8. The Morgan fingerprint density at radius 1 is 1.23 bits per heavy atom. The Hall–Kier alpha value is -3.63. The van der Waals surface area contributed by atoms with Crippen LogP contribution in [0.4, 0.5) is 11.5 Å². The largest absolute Gasteiger partial charge is 0.472 e. The Morgan fingerprint density at radius 2 is 1.92 bits per heavy atom. The Morgan fingerprint density at radius 3 is 2.54 bits per heavy atom. The molecular formula is C32H40N4O3. The van der Waals surface area contributed by atoms with Crippen LogP contribution >= 0.6 is 0 Å². The smallest absolute Gasteiger partial charge is 0.308 e. The molecule has 2 fully saturated rings. The highest BCUT2D eigenvalue weighted by atomic mass is 16.5. The number of nitrogens with zero attached hydrogens (tertiary/aromatic N) is 4. The highest BCUT2D eigenvalue weighted by Gasteiger charge is 2.45. The van der Waals surface area contributed by atoms with E-state index in [1.807, 2.05) is 39.1 Å². The second kappa shape index (κ2) is 11.6. The molecule has 0 bridgehead atoms. The zero-order valence-corrected chi connectivity index (χ0v) is 24.3. The number of pyridine rings is 1. The van der Waals surface area contributed by atoms with Gasteiger partial charge in [0.25, 0.3) is 5.88 Å². The van der Waals surface area contributed by atoms with E-state index in [9.17, 15) is 4.79 Å². The summed E-state index contributed by atoms with van der Waals surface area (Å²) < 4.78 is 13.8. The van der Waals surface area contributed by atoms with Crippen LogP contribution in [0.3, 0.4) is 0 Å². The molecule has 0 N–H and O–H groups in total. The molecule has 206 valence electrons. The molecular weight excluding hydrogens is 488 g/mol. The van der Waals surface area contributed by atoms with Gasteiger partial charge in [-0.2, -0.15) is 0 Å². The van der Waals surface area contributed by atoms with E-state index >= 15 is 0 Å². The molecule has 1 amide bonds. The Labute approximate surface area is 232 Å². The predicted octanol–water partition coefficient (Wildman–Crippen LogP) is 6.68. The average molecular weight is 529 g/mol. The lowest BCUT2D eigenvalue weighted by Crippen LogP contribution is -2.50. The highest BCUT2D eigenvalue weighted by molar-refractivity contribution is 6.11. The van der Waals surface area contributed by atoms with Gasteiger partial charge in [0.05, 0.1) is 16.8 Å². The van der Waals surface area contributed by atoms with E-state index < -0.39 is 0 Å². The number of amides is 1. The predicted molar refractivity (Wildman–Crippen MR) is 157 cm³/mol. The van der Waals surface area contributed by atoms with Gasteiger partial charge in [0.2, 0.25) is 0 Å². The maximum atomic E-state index is 13.4. The minimum atomic E-state index is -0.306. The van der Waals surface area contributed by atoms with Gasteiger partial charge in [0, 0.05) is 27.0 Å². The monoisotopic (exact) mass is 528 g/mol. The summed E-state index contributed by atoms with van der Waals surface area (Å²) >= 11 is 0. The van der Waals surface area contributed by atoms with Crippen molar-refractivity contribution in [1.29, 1.82) is 0 Å². The average Bonchev–Trinajstić information content (AvgIpc) is 3.71. The number of methoxy groups -OCH3 is 1. The molecule has 7 nitrogen and oxygen atoms in total.